The molecule has 1 fully saturated rings. The third kappa shape index (κ3) is 8.35. The standard InChI is InChI=1S/C11H20N.3C4H9.Sn/c1-2-3-9-12-10-11-7-5-4-6-8-11;3*1-3-4-2;/h11H,2-9H2,1H3;3*1,3-4H2,2H3;. The number of hydrogen-bond acceptors (Lipinski definition) is 1. The molecule has 0 amide bonds. The van der Waals surface area contributed by atoms with Crippen molar-refractivity contribution in [1.29, 1.82) is 0 Å². The van der Waals surface area contributed by atoms with Crippen LogP contribution in [0.15, 0.2) is 4.99 Å². The summed E-state index contributed by atoms with van der Waals surface area (Å²) >= 11 is -2.30. The third-order valence-corrected chi connectivity index (χ3v) is 22.3. The Morgan fingerprint density at radius 2 is 1.20 bits per heavy atom. The van der Waals surface area contributed by atoms with Crippen LogP contribution < -0.4 is 0 Å². The van der Waals surface area contributed by atoms with Gasteiger partial charge >= 0.3 is 164 Å². The van der Waals surface area contributed by atoms with Crippen molar-refractivity contribution < 1.29 is 0 Å². The van der Waals surface area contributed by atoms with Gasteiger partial charge in [0.15, 0.2) is 0 Å². The van der Waals surface area contributed by atoms with Gasteiger partial charge in [0, 0.05) is 0 Å². The molecule has 148 valence electrons. The first kappa shape index (κ1) is 23.5. The molecule has 0 atom stereocenters. The molecule has 1 nitrogen and oxygen atoms in total. The molecule has 0 radical (unpaired) electrons. The first-order valence-corrected chi connectivity index (χ1v) is 19.3. The second-order valence-corrected chi connectivity index (χ2v) is 21.6. The van der Waals surface area contributed by atoms with Gasteiger partial charge in [-0.15, -0.1) is 0 Å². The van der Waals surface area contributed by atoms with Gasteiger partial charge in [0.1, 0.15) is 0 Å². The molecule has 0 aliphatic heterocycles. The SMILES string of the molecule is CCCCN=[C](C1CCCCC1)[Sn]([CH2]CCC)([CH2]CCC)[CH2]CCC. The Balaban J connectivity index is 3.12. The monoisotopic (exact) mass is 457 g/mol. The maximum absolute atomic E-state index is 5.48. The van der Waals surface area contributed by atoms with Crippen LogP contribution >= 0.6 is 0 Å². The summed E-state index contributed by atoms with van der Waals surface area (Å²) in [6, 6.07) is 0. The van der Waals surface area contributed by atoms with Crippen LogP contribution in [0.4, 0.5) is 0 Å². The van der Waals surface area contributed by atoms with Crippen LogP contribution in [0.2, 0.25) is 13.3 Å². The van der Waals surface area contributed by atoms with E-state index in [9.17, 15) is 0 Å². The summed E-state index contributed by atoms with van der Waals surface area (Å²) in [7, 11) is 0. The van der Waals surface area contributed by atoms with Gasteiger partial charge < -0.3 is 0 Å². The van der Waals surface area contributed by atoms with Crippen LogP contribution in [-0.4, -0.2) is 28.6 Å². The van der Waals surface area contributed by atoms with Crippen molar-refractivity contribution in [3.8, 4) is 0 Å². The zero-order chi connectivity index (χ0) is 18.4. The van der Waals surface area contributed by atoms with E-state index in [0.29, 0.717) is 0 Å². The molecule has 0 aromatic rings. The summed E-state index contributed by atoms with van der Waals surface area (Å²) in [5.41, 5.74) is 0. The van der Waals surface area contributed by atoms with Gasteiger partial charge in [0.05, 0.1) is 0 Å². The molecule has 0 aromatic carbocycles. The number of unbranched alkanes of at least 4 members (excludes halogenated alkanes) is 4. The van der Waals surface area contributed by atoms with Crippen LogP contribution in [0, 0.1) is 5.92 Å². The van der Waals surface area contributed by atoms with Crippen LogP contribution in [0.3, 0.4) is 0 Å². The predicted molar refractivity (Wildman–Crippen MR) is 119 cm³/mol. The van der Waals surface area contributed by atoms with Crippen LogP contribution in [-0.2, 0) is 0 Å². The number of rotatable bonds is 14. The summed E-state index contributed by atoms with van der Waals surface area (Å²) in [6.45, 7) is 10.6. The number of nitrogens with zero attached hydrogens (tertiary/aromatic N) is 1. The summed E-state index contributed by atoms with van der Waals surface area (Å²) in [5, 5.41) is 0. The first-order chi connectivity index (χ1) is 12.2. The van der Waals surface area contributed by atoms with Crippen molar-refractivity contribution in [1.82, 2.24) is 0 Å². The summed E-state index contributed by atoms with van der Waals surface area (Å²) < 4.78 is 6.71. The topological polar surface area (TPSA) is 12.4 Å². The van der Waals surface area contributed by atoms with Crippen molar-refractivity contribution in [2.45, 2.75) is 124 Å². The summed E-state index contributed by atoms with van der Waals surface area (Å²) in [5.74, 6) is 0.895. The van der Waals surface area contributed by atoms with Gasteiger partial charge in [0.2, 0.25) is 0 Å². The molecule has 0 saturated heterocycles. The molecule has 1 aliphatic carbocycles. The quantitative estimate of drug-likeness (QED) is 0.142. The minimum absolute atomic E-state index is 0.895. The number of aliphatic imine (C=N–C) groups is 1. The van der Waals surface area contributed by atoms with Gasteiger partial charge in [-0.2, -0.15) is 0 Å². The fraction of sp³-hybridized carbons (Fsp3) is 0.957. The van der Waals surface area contributed by atoms with E-state index < -0.39 is 18.4 Å². The van der Waals surface area contributed by atoms with Gasteiger partial charge in [-0.3, -0.25) is 0 Å². The van der Waals surface area contributed by atoms with Crippen molar-refractivity contribution >= 4 is 22.1 Å². The molecule has 0 N–H and O–H groups in total. The normalized spacial score (nSPS) is 17.2. The van der Waals surface area contributed by atoms with Gasteiger partial charge in [-0.25, -0.2) is 0 Å². The maximum atomic E-state index is 5.48. The van der Waals surface area contributed by atoms with Gasteiger partial charge in [-0.05, 0) is 0 Å². The van der Waals surface area contributed by atoms with Gasteiger partial charge in [0.25, 0.3) is 0 Å². The molecule has 1 saturated carbocycles. The van der Waals surface area contributed by atoms with E-state index in [2.05, 4.69) is 27.7 Å². The molecular weight excluding hydrogens is 409 g/mol. The Morgan fingerprint density at radius 1 is 0.720 bits per heavy atom. The van der Waals surface area contributed by atoms with E-state index in [4.69, 9.17) is 4.99 Å². The summed E-state index contributed by atoms with van der Waals surface area (Å²) in [4.78, 5) is 5.48. The first-order valence-electron chi connectivity index (χ1n) is 11.8. The van der Waals surface area contributed by atoms with E-state index in [1.54, 1.807) is 13.3 Å². The van der Waals surface area contributed by atoms with E-state index >= 15 is 0 Å². The summed E-state index contributed by atoms with van der Waals surface area (Å²) in [6.07, 6.45) is 18.5. The van der Waals surface area contributed by atoms with Crippen molar-refractivity contribution in [3.05, 3.63) is 0 Å². The van der Waals surface area contributed by atoms with E-state index in [-0.39, 0.29) is 0 Å². The second-order valence-electron chi connectivity index (χ2n) is 8.55. The molecule has 0 unspecified atom stereocenters. The Kier molecular flexibility index (Phi) is 13.7. The minimum atomic E-state index is -2.30. The Labute approximate surface area is 163 Å². The van der Waals surface area contributed by atoms with Crippen LogP contribution in [0.1, 0.15) is 111 Å². The second kappa shape index (κ2) is 14.5. The molecule has 2 heteroatoms. The van der Waals surface area contributed by atoms with Crippen molar-refractivity contribution in [2.24, 2.45) is 10.9 Å². The average molecular weight is 456 g/mol. The van der Waals surface area contributed by atoms with E-state index in [1.165, 1.54) is 83.5 Å². The Hall–Kier alpha value is 0.469. The molecule has 0 heterocycles. The van der Waals surface area contributed by atoms with Crippen molar-refractivity contribution in [2.75, 3.05) is 6.54 Å². The Bertz CT molecular complexity index is 322. The zero-order valence-electron chi connectivity index (χ0n) is 18.0. The average Bonchev–Trinajstić information content (AvgIpc) is 2.66. The fourth-order valence-corrected chi connectivity index (χ4v) is 22.5. The molecule has 0 spiro atoms. The van der Waals surface area contributed by atoms with E-state index in [0.717, 1.165) is 12.5 Å². The molecule has 0 bridgehead atoms. The van der Waals surface area contributed by atoms with Gasteiger partial charge in [-0.1, -0.05) is 0 Å². The third-order valence-electron chi connectivity index (χ3n) is 6.36. The Morgan fingerprint density at radius 3 is 1.64 bits per heavy atom. The molecule has 1 rings (SSSR count). The number of hydrogen-bond donors (Lipinski definition) is 0. The van der Waals surface area contributed by atoms with E-state index in [1.807, 2.05) is 3.73 Å². The molecule has 1 aliphatic rings. The van der Waals surface area contributed by atoms with Crippen LogP contribution in [0.25, 0.3) is 0 Å². The zero-order valence-corrected chi connectivity index (χ0v) is 20.9. The predicted octanol–water partition coefficient (Wildman–Crippen LogP) is 8.20. The van der Waals surface area contributed by atoms with Crippen LogP contribution in [0.5, 0.6) is 0 Å². The molecular formula is C23H47NSn. The van der Waals surface area contributed by atoms with Crippen molar-refractivity contribution in [3.63, 3.8) is 0 Å². The molecule has 25 heavy (non-hydrogen) atoms. The fourth-order valence-electron chi connectivity index (χ4n) is 4.77. The molecule has 0 aromatic heterocycles.